The molecule has 10 heavy (non-hydrogen) atoms. The summed E-state index contributed by atoms with van der Waals surface area (Å²) in [5.74, 6) is 4.92. The van der Waals surface area contributed by atoms with E-state index in [9.17, 15) is 0 Å². The molecular formula is C6H14N4. The van der Waals surface area contributed by atoms with Crippen molar-refractivity contribution < 1.29 is 0 Å². The highest BCUT2D eigenvalue weighted by molar-refractivity contribution is 4.77. The molecule has 58 valence electrons. The van der Waals surface area contributed by atoms with Crippen LogP contribution in [0.25, 0.3) is 0 Å². The molecule has 1 saturated carbocycles. The summed E-state index contributed by atoms with van der Waals surface area (Å²) >= 11 is 0. The summed E-state index contributed by atoms with van der Waals surface area (Å²) < 4.78 is 0. The minimum atomic E-state index is 0.338. The van der Waals surface area contributed by atoms with Crippen LogP contribution in [-0.4, -0.2) is 12.1 Å². The van der Waals surface area contributed by atoms with Crippen LogP contribution in [0.15, 0.2) is 10.3 Å². The monoisotopic (exact) mass is 142 g/mol. The molecule has 0 radical (unpaired) electrons. The van der Waals surface area contributed by atoms with E-state index in [0.717, 1.165) is 25.7 Å². The lowest BCUT2D eigenvalue weighted by atomic mass is 9.92. The van der Waals surface area contributed by atoms with Gasteiger partial charge in [-0.3, -0.25) is 0 Å². The van der Waals surface area contributed by atoms with E-state index in [2.05, 4.69) is 10.3 Å². The van der Waals surface area contributed by atoms with Crippen LogP contribution in [0, 0.1) is 0 Å². The standard InChI is InChI=1S/C6H14N4/c7-5-1-3-6(4-2-5)9-10-8/h5-6H,1-4,7H2,(H2,8,9)/t5-,6-. The zero-order chi connectivity index (χ0) is 7.40. The summed E-state index contributed by atoms with van der Waals surface area (Å²) in [6.07, 6.45) is 4.21. The number of rotatable bonds is 1. The quantitative estimate of drug-likeness (QED) is 0.319. The number of hydrogen-bond acceptors (Lipinski definition) is 3. The summed E-state index contributed by atoms with van der Waals surface area (Å²) in [6.45, 7) is 0. The molecule has 1 aliphatic rings. The highest BCUT2D eigenvalue weighted by Gasteiger charge is 2.17. The van der Waals surface area contributed by atoms with Gasteiger partial charge in [0.05, 0.1) is 6.04 Å². The summed E-state index contributed by atoms with van der Waals surface area (Å²) in [5, 5.41) is 7.13. The first kappa shape index (κ1) is 7.47. The van der Waals surface area contributed by atoms with E-state index in [-0.39, 0.29) is 0 Å². The summed E-state index contributed by atoms with van der Waals surface area (Å²) in [4.78, 5) is 0. The lowest BCUT2D eigenvalue weighted by Crippen LogP contribution is -2.27. The van der Waals surface area contributed by atoms with E-state index in [1.54, 1.807) is 0 Å². The number of nitrogens with zero attached hydrogens (tertiary/aromatic N) is 2. The molecule has 0 aromatic rings. The molecule has 1 rings (SSSR count). The molecule has 0 spiro atoms. The minimum Gasteiger partial charge on any atom is -0.328 e. The van der Waals surface area contributed by atoms with Gasteiger partial charge in [-0.2, -0.15) is 5.11 Å². The Morgan fingerprint density at radius 3 is 2.20 bits per heavy atom. The van der Waals surface area contributed by atoms with E-state index >= 15 is 0 Å². The van der Waals surface area contributed by atoms with Crippen LogP contribution in [0.1, 0.15) is 25.7 Å². The Bertz CT molecular complexity index is 115. The van der Waals surface area contributed by atoms with Crippen molar-refractivity contribution in [2.75, 3.05) is 0 Å². The third kappa shape index (κ3) is 1.95. The van der Waals surface area contributed by atoms with Crippen molar-refractivity contribution >= 4 is 0 Å². The van der Waals surface area contributed by atoms with E-state index in [4.69, 9.17) is 11.6 Å². The average molecular weight is 142 g/mol. The van der Waals surface area contributed by atoms with Crippen molar-refractivity contribution in [1.29, 1.82) is 0 Å². The van der Waals surface area contributed by atoms with Crippen LogP contribution in [0.3, 0.4) is 0 Å². The van der Waals surface area contributed by atoms with Gasteiger partial charge in [0.25, 0.3) is 0 Å². The second kappa shape index (κ2) is 3.51. The third-order valence-electron chi connectivity index (χ3n) is 1.97. The lowest BCUT2D eigenvalue weighted by Gasteiger charge is -2.21. The third-order valence-corrected chi connectivity index (χ3v) is 1.97. The van der Waals surface area contributed by atoms with Gasteiger partial charge in [0.2, 0.25) is 0 Å². The number of nitrogens with two attached hydrogens (primary N) is 2. The van der Waals surface area contributed by atoms with Crippen molar-refractivity contribution in [2.45, 2.75) is 37.8 Å². The largest absolute Gasteiger partial charge is 0.328 e. The van der Waals surface area contributed by atoms with Crippen LogP contribution < -0.4 is 11.6 Å². The predicted octanol–water partition coefficient (Wildman–Crippen LogP) is 0.582. The van der Waals surface area contributed by atoms with Crippen LogP contribution in [0.4, 0.5) is 0 Å². The van der Waals surface area contributed by atoms with Crippen LogP contribution in [0.2, 0.25) is 0 Å². The molecule has 0 bridgehead atoms. The van der Waals surface area contributed by atoms with Gasteiger partial charge in [0.15, 0.2) is 0 Å². The Hall–Kier alpha value is -0.640. The highest BCUT2D eigenvalue weighted by Crippen LogP contribution is 2.19. The molecule has 1 aliphatic carbocycles. The second-order valence-electron chi connectivity index (χ2n) is 2.80. The van der Waals surface area contributed by atoms with Crippen molar-refractivity contribution in [1.82, 2.24) is 0 Å². The van der Waals surface area contributed by atoms with Gasteiger partial charge in [0, 0.05) is 6.04 Å². The Kier molecular flexibility index (Phi) is 2.62. The topological polar surface area (TPSA) is 76.8 Å². The maximum atomic E-state index is 5.69. The second-order valence-corrected chi connectivity index (χ2v) is 2.80. The molecule has 0 aliphatic heterocycles. The fourth-order valence-corrected chi connectivity index (χ4v) is 1.31. The Labute approximate surface area is 60.7 Å². The first-order chi connectivity index (χ1) is 4.83. The van der Waals surface area contributed by atoms with Gasteiger partial charge in [-0.15, -0.1) is 0 Å². The van der Waals surface area contributed by atoms with Crippen molar-refractivity contribution in [3.63, 3.8) is 0 Å². The molecule has 4 heteroatoms. The number of hydrogen-bond donors (Lipinski definition) is 2. The molecule has 0 heterocycles. The maximum absolute atomic E-state index is 5.69. The van der Waals surface area contributed by atoms with Gasteiger partial charge < -0.3 is 11.6 Å². The Balaban J connectivity index is 2.26. The van der Waals surface area contributed by atoms with Gasteiger partial charge in [0.1, 0.15) is 0 Å². The maximum Gasteiger partial charge on any atom is 0.0730 e. The molecule has 0 atom stereocenters. The highest BCUT2D eigenvalue weighted by atomic mass is 15.3. The van der Waals surface area contributed by atoms with Gasteiger partial charge in [-0.1, -0.05) is 5.22 Å². The zero-order valence-corrected chi connectivity index (χ0v) is 6.03. The molecule has 1 fully saturated rings. The lowest BCUT2D eigenvalue weighted by molar-refractivity contribution is 0.386. The minimum absolute atomic E-state index is 0.338. The van der Waals surface area contributed by atoms with Gasteiger partial charge in [-0.25, -0.2) is 0 Å². The summed E-state index contributed by atoms with van der Waals surface area (Å²) in [6, 6.07) is 0.717. The SMILES string of the molecule is NN=N[C@H]1CC[C@H](N)CC1. The fraction of sp³-hybridized carbons (Fsp3) is 1.00. The van der Waals surface area contributed by atoms with Gasteiger partial charge in [-0.05, 0) is 25.7 Å². The average Bonchev–Trinajstić information content (AvgIpc) is 1.95. The first-order valence-corrected chi connectivity index (χ1v) is 3.68. The summed E-state index contributed by atoms with van der Waals surface area (Å²) in [7, 11) is 0. The van der Waals surface area contributed by atoms with Crippen LogP contribution >= 0.6 is 0 Å². The van der Waals surface area contributed by atoms with Gasteiger partial charge >= 0.3 is 0 Å². The van der Waals surface area contributed by atoms with Crippen LogP contribution in [-0.2, 0) is 0 Å². The van der Waals surface area contributed by atoms with Crippen molar-refractivity contribution in [3.8, 4) is 0 Å². The first-order valence-electron chi connectivity index (χ1n) is 3.68. The van der Waals surface area contributed by atoms with E-state index in [1.807, 2.05) is 0 Å². The summed E-state index contributed by atoms with van der Waals surface area (Å²) in [5.41, 5.74) is 5.69. The molecular weight excluding hydrogens is 128 g/mol. The molecule has 4 N–H and O–H groups in total. The molecule has 0 aromatic heterocycles. The molecule has 0 aromatic carbocycles. The van der Waals surface area contributed by atoms with Crippen molar-refractivity contribution in [2.24, 2.45) is 21.9 Å². The van der Waals surface area contributed by atoms with E-state index in [0.29, 0.717) is 12.1 Å². The van der Waals surface area contributed by atoms with E-state index < -0.39 is 0 Å². The van der Waals surface area contributed by atoms with E-state index in [1.165, 1.54) is 0 Å². The molecule has 4 nitrogen and oxygen atoms in total. The van der Waals surface area contributed by atoms with Crippen LogP contribution in [0.5, 0.6) is 0 Å². The zero-order valence-electron chi connectivity index (χ0n) is 6.03. The molecule has 0 saturated heterocycles. The van der Waals surface area contributed by atoms with Crippen molar-refractivity contribution in [3.05, 3.63) is 0 Å². The molecule has 0 amide bonds. The molecule has 0 unspecified atom stereocenters. The normalized spacial score (nSPS) is 34.9. The Morgan fingerprint density at radius 1 is 1.10 bits per heavy atom. The Morgan fingerprint density at radius 2 is 1.70 bits per heavy atom. The smallest absolute Gasteiger partial charge is 0.0730 e. The fourth-order valence-electron chi connectivity index (χ4n) is 1.31. The predicted molar refractivity (Wildman–Crippen MR) is 39.3 cm³/mol.